The summed E-state index contributed by atoms with van der Waals surface area (Å²) in [6, 6.07) is 0. The summed E-state index contributed by atoms with van der Waals surface area (Å²) in [4.78, 5) is 15.7. The lowest BCUT2D eigenvalue weighted by Crippen LogP contribution is -2.11. The number of hydrogen-bond donors (Lipinski definition) is 0. The average molecular weight is 179 g/mol. The molecule has 0 aromatic carbocycles. The standard InChI is InChI=1S/C9H13N3O/c1-3-6-4-7(6)8(13)9-10-5-11-12(9)2/h5-7H,3-4H2,1-2H3. The maximum atomic E-state index is 11.7. The highest BCUT2D eigenvalue weighted by Gasteiger charge is 2.42. The van der Waals surface area contributed by atoms with Gasteiger partial charge in [0, 0.05) is 13.0 Å². The van der Waals surface area contributed by atoms with E-state index in [-0.39, 0.29) is 11.7 Å². The van der Waals surface area contributed by atoms with Crippen LogP contribution in [0.3, 0.4) is 0 Å². The minimum Gasteiger partial charge on any atom is -0.290 e. The topological polar surface area (TPSA) is 47.8 Å². The van der Waals surface area contributed by atoms with Crippen molar-refractivity contribution in [3.05, 3.63) is 12.2 Å². The van der Waals surface area contributed by atoms with Crippen molar-refractivity contribution in [2.45, 2.75) is 19.8 Å². The number of aryl methyl sites for hydroxylation is 1. The van der Waals surface area contributed by atoms with E-state index in [0.29, 0.717) is 11.7 Å². The highest BCUT2D eigenvalue weighted by Crippen LogP contribution is 2.42. The van der Waals surface area contributed by atoms with Gasteiger partial charge in [0.1, 0.15) is 6.33 Å². The molecule has 2 atom stereocenters. The van der Waals surface area contributed by atoms with Gasteiger partial charge in [0.05, 0.1) is 0 Å². The van der Waals surface area contributed by atoms with Crippen LogP contribution in [-0.2, 0) is 7.05 Å². The van der Waals surface area contributed by atoms with Gasteiger partial charge in [-0.2, -0.15) is 5.10 Å². The Bertz CT molecular complexity index is 331. The fourth-order valence-electron chi connectivity index (χ4n) is 1.71. The second-order valence-corrected chi connectivity index (χ2v) is 3.58. The normalized spacial score (nSPS) is 26.0. The predicted molar refractivity (Wildman–Crippen MR) is 47.2 cm³/mol. The molecule has 0 N–H and O–H groups in total. The summed E-state index contributed by atoms with van der Waals surface area (Å²) in [5.74, 6) is 1.46. The van der Waals surface area contributed by atoms with Gasteiger partial charge in [0.15, 0.2) is 5.82 Å². The van der Waals surface area contributed by atoms with Crippen LogP contribution in [0, 0.1) is 11.8 Å². The van der Waals surface area contributed by atoms with Crippen LogP contribution in [0.5, 0.6) is 0 Å². The van der Waals surface area contributed by atoms with Gasteiger partial charge in [-0.3, -0.25) is 4.79 Å². The second kappa shape index (κ2) is 2.94. The molecule has 4 nitrogen and oxygen atoms in total. The highest BCUT2D eigenvalue weighted by atomic mass is 16.1. The molecular weight excluding hydrogens is 166 g/mol. The molecule has 1 aliphatic rings. The van der Waals surface area contributed by atoms with Crippen LogP contribution >= 0.6 is 0 Å². The summed E-state index contributed by atoms with van der Waals surface area (Å²) >= 11 is 0. The van der Waals surface area contributed by atoms with Crippen molar-refractivity contribution in [1.82, 2.24) is 14.8 Å². The number of carbonyl (C=O) groups excluding carboxylic acids is 1. The number of aromatic nitrogens is 3. The minimum atomic E-state index is 0.159. The summed E-state index contributed by atoms with van der Waals surface area (Å²) in [6.45, 7) is 2.12. The molecule has 0 spiro atoms. The van der Waals surface area contributed by atoms with Gasteiger partial charge in [0.25, 0.3) is 0 Å². The van der Waals surface area contributed by atoms with E-state index >= 15 is 0 Å². The molecule has 1 saturated carbocycles. The number of Topliss-reactive ketones (excluding diaryl/α,β-unsaturated/α-hetero) is 1. The SMILES string of the molecule is CCC1CC1C(=O)c1ncnn1C. The smallest absolute Gasteiger partial charge is 0.203 e. The van der Waals surface area contributed by atoms with Crippen molar-refractivity contribution in [1.29, 1.82) is 0 Å². The molecule has 1 heterocycles. The molecule has 70 valence electrons. The van der Waals surface area contributed by atoms with Crippen molar-refractivity contribution >= 4 is 5.78 Å². The average Bonchev–Trinajstić information content (AvgIpc) is 2.80. The molecule has 1 aromatic rings. The zero-order valence-corrected chi connectivity index (χ0v) is 7.90. The highest BCUT2D eigenvalue weighted by molar-refractivity contribution is 5.96. The van der Waals surface area contributed by atoms with Crippen molar-refractivity contribution in [2.24, 2.45) is 18.9 Å². The monoisotopic (exact) mass is 179 g/mol. The first kappa shape index (κ1) is 8.41. The zero-order chi connectivity index (χ0) is 9.42. The minimum absolute atomic E-state index is 0.159. The Balaban J connectivity index is 2.11. The van der Waals surface area contributed by atoms with E-state index in [9.17, 15) is 4.79 Å². The molecule has 0 amide bonds. The van der Waals surface area contributed by atoms with Gasteiger partial charge in [-0.15, -0.1) is 0 Å². The van der Waals surface area contributed by atoms with Crippen LogP contribution in [0.2, 0.25) is 0 Å². The third kappa shape index (κ3) is 1.36. The molecule has 0 saturated heterocycles. The Kier molecular flexibility index (Phi) is 1.90. The molecule has 0 aliphatic heterocycles. The van der Waals surface area contributed by atoms with Gasteiger partial charge >= 0.3 is 0 Å². The molecule has 1 aliphatic carbocycles. The maximum absolute atomic E-state index is 11.7. The van der Waals surface area contributed by atoms with Crippen molar-refractivity contribution in [3.8, 4) is 0 Å². The molecule has 0 radical (unpaired) electrons. The van der Waals surface area contributed by atoms with Gasteiger partial charge in [-0.1, -0.05) is 13.3 Å². The van der Waals surface area contributed by atoms with Crippen molar-refractivity contribution in [3.63, 3.8) is 0 Å². The number of rotatable bonds is 3. The first-order valence-corrected chi connectivity index (χ1v) is 4.62. The Morgan fingerprint density at radius 3 is 3.00 bits per heavy atom. The molecule has 13 heavy (non-hydrogen) atoms. The Labute approximate surface area is 77.0 Å². The fraction of sp³-hybridized carbons (Fsp3) is 0.667. The lowest BCUT2D eigenvalue weighted by molar-refractivity contribution is 0.0946. The molecule has 1 fully saturated rings. The molecule has 4 heteroatoms. The van der Waals surface area contributed by atoms with Crippen LogP contribution in [0.15, 0.2) is 6.33 Å². The molecular formula is C9H13N3O. The van der Waals surface area contributed by atoms with Crippen molar-refractivity contribution in [2.75, 3.05) is 0 Å². The van der Waals surface area contributed by atoms with Crippen LogP contribution in [0.1, 0.15) is 30.4 Å². The lowest BCUT2D eigenvalue weighted by atomic mass is 10.2. The first-order chi connectivity index (χ1) is 6.24. The van der Waals surface area contributed by atoms with E-state index in [2.05, 4.69) is 17.0 Å². The lowest BCUT2D eigenvalue weighted by Gasteiger charge is -1.97. The van der Waals surface area contributed by atoms with Crippen LogP contribution in [0.25, 0.3) is 0 Å². The Morgan fingerprint density at radius 1 is 1.77 bits per heavy atom. The van der Waals surface area contributed by atoms with Crippen molar-refractivity contribution < 1.29 is 4.79 Å². The summed E-state index contributed by atoms with van der Waals surface area (Å²) in [7, 11) is 1.75. The Hall–Kier alpha value is -1.19. The summed E-state index contributed by atoms with van der Waals surface area (Å²) in [6.07, 6.45) is 3.55. The van der Waals surface area contributed by atoms with E-state index < -0.39 is 0 Å². The summed E-state index contributed by atoms with van der Waals surface area (Å²) in [5.41, 5.74) is 0. The molecule has 2 rings (SSSR count). The first-order valence-electron chi connectivity index (χ1n) is 4.62. The van der Waals surface area contributed by atoms with E-state index in [1.165, 1.54) is 6.33 Å². The van der Waals surface area contributed by atoms with E-state index in [0.717, 1.165) is 12.8 Å². The Morgan fingerprint density at radius 2 is 2.54 bits per heavy atom. The third-order valence-corrected chi connectivity index (χ3v) is 2.72. The molecule has 2 unspecified atom stereocenters. The predicted octanol–water partition coefficient (Wildman–Crippen LogP) is 1.04. The largest absolute Gasteiger partial charge is 0.290 e. The molecule has 1 aromatic heterocycles. The van der Waals surface area contributed by atoms with Crippen LogP contribution < -0.4 is 0 Å². The summed E-state index contributed by atoms with van der Waals surface area (Å²) in [5, 5.41) is 3.88. The van der Waals surface area contributed by atoms with Gasteiger partial charge in [-0.25, -0.2) is 9.67 Å². The van der Waals surface area contributed by atoms with E-state index in [1.807, 2.05) is 0 Å². The number of ketones is 1. The summed E-state index contributed by atoms with van der Waals surface area (Å²) < 4.78 is 1.55. The third-order valence-electron chi connectivity index (χ3n) is 2.72. The fourth-order valence-corrected chi connectivity index (χ4v) is 1.71. The number of nitrogens with zero attached hydrogens (tertiary/aromatic N) is 3. The van der Waals surface area contributed by atoms with Crippen LogP contribution in [-0.4, -0.2) is 20.5 Å². The van der Waals surface area contributed by atoms with Gasteiger partial charge < -0.3 is 0 Å². The maximum Gasteiger partial charge on any atom is 0.203 e. The van der Waals surface area contributed by atoms with Gasteiger partial charge in [-0.05, 0) is 12.3 Å². The second-order valence-electron chi connectivity index (χ2n) is 3.58. The van der Waals surface area contributed by atoms with E-state index in [4.69, 9.17) is 0 Å². The number of carbonyl (C=O) groups is 1. The zero-order valence-electron chi connectivity index (χ0n) is 7.90. The van der Waals surface area contributed by atoms with E-state index in [1.54, 1.807) is 11.7 Å². The van der Waals surface area contributed by atoms with Gasteiger partial charge in [0.2, 0.25) is 5.78 Å². The molecule has 0 bridgehead atoms. The van der Waals surface area contributed by atoms with Crippen LogP contribution in [0.4, 0.5) is 0 Å². The number of hydrogen-bond acceptors (Lipinski definition) is 3. The quantitative estimate of drug-likeness (QED) is 0.651.